The van der Waals surface area contributed by atoms with Crippen LogP contribution in [0.5, 0.6) is 0 Å². The van der Waals surface area contributed by atoms with E-state index < -0.39 is 11.9 Å². The van der Waals surface area contributed by atoms with Crippen LogP contribution in [0.3, 0.4) is 0 Å². The third kappa shape index (κ3) is 3.97. The van der Waals surface area contributed by atoms with Crippen molar-refractivity contribution in [1.82, 2.24) is 0 Å². The highest BCUT2D eigenvalue weighted by Gasteiger charge is 2.10. The van der Waals surface area contributed by atoms with E-state index in [2.05, 4.69) is 11.8 Å². The van der Waals surface area contributed by atoms with Gasteiger partial charge in [-0.2, -0.15) is 0 Å². The van der Waals surface area contributed by atoms with E-state index >= 15 is 0 Å². The Hall–Kier alpha value is -1.59. The van der Waals surface area contributed by atoms with Gasteiger partial charge in [0.15, 0.2) is 0 Å². The molecule has 0 amide bonds. The minimum Gasteiger partial charge on any atom is -0.384 e. The number of aliphatic hydroxyl groups is 1. The van der Waals surface area contributed by atoms with Crippen molar-refractivity contribution in [3.05, 3.63) is 35.9 Å². The Kier molecular flexibility index (Phi) is 4.59. The van der Waals surface area contributed by atoms with E-state index in [1.54, 1.807) is 0 Å². The molecule has 0 radical (unpaired) electrons. The van der Waals surface area contributed by atoms with Gasteiger partial charge < -0.3 is 5.11 Å². The lowest BCUT2D eigenvalue weighted by atomic mass is 10.1. The highest BCUT2D eigenvalue weighted by molar-refractivity contribution is 5.99. The maximum Gasteiger partial charge on any atom is 0.234 e. The van der Waals surface area contributed by atoms with Gasteiger partial charge in [0.1, 0.15) is 6.10 Å². The van der Waals surface area contributed by atoms with Gasteiger partial charge in [0.2, 0.25) is 5.78 Å². The van der Waals surface area contributed by atoms with Gasteiger partial charge >= 0.3 is 0 Å². The Bertz CT molecular complexity index is 371. The summed E-state index contributed by atoms with van der Waals surface area (Å²) in [6.45, 7) is 1.92. The summed E-state index contributed by atoms with van der Waals surface area (Å²) in [4.78, 5) is 11.3. The fourth-order valence-electron chi connectivity index (χ4n) is 1.14. The molecule has 0 aromatic heterocycles. The summed E-state index contributed by atoms with van der Waals surface area (Å²) in [5, 5.41) is 9.34. The first-order chi connectivity index (χ1) is 7.24. The van der Waals surface area contributed by atoms with Crippen LogP contribution in [0.15, 0.2) is 30.3 Å². The van der Waals surface area contributed by atoms with Crippen molar-refractivity contribution in [1.29, 1.82) is 0 Å². The first-order valence-electron chi connectivity index (χ1n) is 5.03. The molecule has 0 saturated carbocycles. The molecule has 1 atom stereocenters. The topological polar surface area (TPSA) is 37.3 Å². The van der Waals surface area contributed by atoms with Crippen LogP contribution >= 0.6 is 0 Å². The quantitative estimate of drug-likeness (QED) is 0.758. The third-order valence-corrected chi connectivity index (χ3v) is 1.97. The van der Waals surface area contributed by atoms with E-state index in [0.717, 1.165) is 12.0 Å². The standard InChI is InChI=1S/C13H14O2/c1-2-6-12(14)13(15)10-9-11-7-4-3-5-8-11/h3-5,7-8,12,14H,2,6H2,1H3. The first-order valence-corrected chi connectivity index (χ1v) is 5.03. The van der Waals surface area contributed by atoms with E-state index in [4.69, 9.17) is 0 Å². The molecule has 0 aliphatic carbocycles. The molecule has 15 heavy (non-hydrogen) atoms. The second kappa shape index (κ2) is 6.00. The first kappa shape index (κ1) is 11.5. The minimum atomic E-state index is -0.939. The predicted molar refractivity (Wildman–Crippen MR) is 59.2 cm³/mol. The Morgan fingerprint density at radius 2 is 2.07 bits per heavy atom. The monoisotopic (exact) mass is 202 g/mol. The van der Waals surface area contributed by atoms with Gasteiger partial charge in [0.25, 0.3) is 0 Å². The predicted octanol–water partition coefficient (Wildman–Crippen LogP) is 1.77. The summed E-state index contributed by atoms with van der Waals surface area (Å²) in [6.07, 6.45) is 0.314. The zero-order valence-electron chi connectivity index (χ0n) is 8.73. The van der Waals surface area contributed by atoms with E-state index in [-0.39, 0.29) is 0 Å². The van der Waals surface area contributed by atoms with Crippen LogP contribution in [0, 0.1) is 11.8 Å². The van der Waals surface area contributed by atoms with Gasteiger partial charge in [-0.15, -0.1) is 0 Å². The maximum atomic E-state index is 11.3. The number of hydrogen-bond donors (Lipinski definition) is 1. The zero-order chi connectivity index (χ0) is 11.1. The van der Waals surface area contributed by atoms with Crippen molar-refractivity contribution in [2.75, 3.05) is 0 Å². The molecule has 1 aromatic carbocycles. The number of aliphatic hydroxyl groups excluding tert-OH is 1. The molecule has 0 fully saturated rings. The van der Waals surface area contributed by atoms with Crippen LogP contribution < -0.4 is 0 Å². The number of Topliss-reactive ketones (excluding diaryl/α,β-unsaturated/α-hetero) is 1. The molecule has 0 saturated heterocycles. The van der Waals surface area contributed by atoms with Crippen LogP contribution in [-0.2, 0) is 4.79 Å². The molecule has 1 unspecified atom stereocenters. The number of benzene rings is 1. The van der Waals surface area contributed by atoms with Crippen LogP contribution in [-0.4, -0.2) is 17.0 Å². The molecule has 0 bridgehead atoms. The zero-order valence-corrected chi connectivity index (χ0v) is 8.73. The second-order valence-corrected chi connectivity index (χ2v) is 3.28. The molecule has 0 heterocycles. The van der Waals surface area contributed by atoms with Gasteiger partial charge in [-0.25, -0.2) is 0 Å². The second-order valence-electron chi connectivity index (χ2n) is 3.28. The summed E-state index contributed by atoms with van der Waals surface area (Å²) >= 11 is 0. The lowest BCUT2D eigenvalue weighted by molar-refractivity contribution is -0.121. The molecular weight excluding hydrogens is 188 g/mol. The molecule has 1 N–H and O–H groups in total. The Morgan fingerprint density at radius 1 is 1.40 bits per heavy atom. The number of carbonyl (C=O) groups excluding carboxylic acids is 1. The van der Waals surface area contributed by atoms with Crippen molar-refractivity contribution in [2.24, 2.45) is 0 Å². The Labute approximate surface area is 89.9 Å². The minimum absolute atomic E-state index is 0.402. The van der Waals surface area contributed by atoms with Crippen LogP contribution in [0.4, 0.5) is 0 Å². The average Bonchev–Trinajstić information content (AvgIpc) is 2.27. The maximum absolute atomic E-state index is 11.3. The van der Waals surface area contributed by atoms with Crippen LogP contribution in [0.2, 0.25) is 0 Å². The van der Waals surface area contributed by atoms with Crippen molar-refractivity contribution in [2.45, 2.75) is 25.9 Å². The molecule has 0 aliphatic rings. The molecular formula is C13H14O2. The number of hydrogen-bond acceptors (Lipinski definition) is 2. The van der Waals surface area contributed by atoms with E-state index in [9.17, 15) is 9.90 Å². The molecule has 2 nitrogen and oxygen atoms in total. The normalized spacial score (nSPS) is 11.3. The molecule has 0 aliphatic heterocycles. The van der Waals surface area contributed by atoms with Crippen LogP contribution in [0.1, 0.15) is 25.3 Å². The molecule has 1 aromatic rings. The summed E-state index contributed by atoms with van der Waals surface area (Å²) in [6, 6.07) is 9.26. The van der Waals surface area contributed by atoms with Crippen molar-refractivity contribution >= 4 is 5.78 Å². The average molecular weight is 202 g/mol. The fraction of sp³-hybridized carbons (Fsp3) is 0.308. The van der Waals surface area contributed by atoms with Gasteiger partial charge in [0.05, 0.1) is 0 Å². The summed E-state index contributed by atoms with van der Waals surface area (Å²) in [5.41, 5.74) is 0.787. The summed E-state index contributed by atoms with van der Waals surface area (Å²) in [7, 11) is 0. The van der Waals surface area contributed by atoms with E-state index in [1.807, 2.05) is 37.3 Å². The van der Waals surface area contributed by atoms with Gasteiger partial charge in [-0.1, -0.05) is 37.5 Å². The van der Waals surface area contributed by atoms with Crippen molar-refractivity contribution < 1.29 is 9.90 Å². The van der Waals surface area contributed by atoms with E-state index in [1.165, 1.54) is 0 Å². The highest BCUT2D eigenvalue weighted by atomic mass is 16.3. The largest absolute Gasteiger partial charge is 0.384 e. The van der Waals surface area contributed by atoms with Gasteiger partial charge in [0, 0.05) is 5.56 Å². The smallest absolute Gasteiger partial charge is 0.234 e. The van der Waals surface area contributed by atoms with Crippen molar-refractivity contribution in [3.63, 3.8) is 0 Å². The Morgan fingerprint density at radius 3 is 2.67 bits per heavy atom. The van der Waals surface area contributed by atoms with E-state index in [0.29, 0.717) is 6.42 Å². The number of carbonyl (C=O) groups is 1. The van der Waals surface area contributed by atoms with Crippen molar-refractivity contribution in [3.8, 4) is 11.8 Å². The SMILES string of the molecule is CCCC(O)C(=O)C#Cc1ccccc1. The molecule has 78 valence electrons. The molecule has 1 rings (SSSR count). The third-order valence-electron chi connectivity index (χ3n) is 1.97. The lowest BCUT2D eigenvalue weighted by Crippen LogP contribution is -2.17. The lowest BCUT2D eigenvalue weighted by Gasteiger charge is -2.01. The van der Waals surface area contributed by atoms with Gasteiger partial charge in [-0.05, 0) is 24.5 Å². The summed E-state index contributed by atoms with van der Waals surface area (Å²) in [5.74, 6) is 4.77. The highest BCUT2D eigenvalue weighted by Crippen LogP contribution is 1.98. The molecule has 0 spiro atoms. The summed E-state index contributed by atoms with van der Waals surface area (Å²) < 4.78 is 0. The number of ketones is 1. The Balaban J connectivity index is 2.62. The fourth-order valence-corrected chi connectivity index (χ4v) is 1.14. The van der Waals surface area contributed by atoms with Crippen LogP contribution in [0.25, 0.3) is 0 Å². The molecule has 2 heteroatoms. The number of rotatable bonds is 3. The van der Waals surface area contributed by atoms with Gasteiger partial charge in [-0.3, -0.25) is 4.79 Å².